The minimum atomic E-state index is -0.222. The van der Waals surface area contributed by atoms with Gasteiger partial charge in [-0.1, -0.05) is 166 Å². The number of imidazole rings is 1. The van der Waals surface area contributed by atoms with Crippen LogP contribution in [0.25, 0.3) is 39.0 Å². The summed E-state index contributed by atoms with van der Waals surface area (Å²) >= 11 is 0. The van der Waals surface area contributed by atoms with Crippen LogP contribution in [0.4, 0.5) is 0 Å². The summed E-state index contributed by atoms with van der Waals surface area (Å²) in [7, 11) is 0. The normalized spacial score (nSPS) is 12.6. The van der Waals surface area contributed by atoms with Gasteiger partial charge in [0.15, 0.2) is 0 Å². The van der Waals surface area contributed by atoms with Gasteiger partial charge >= 0.3 is 0 Å². The van der Waals surface area contributed by atoms with E-state index in [0.717, 1.165) is 45.4 Å². The zero-order chi connectivity index (χ0) is 44.3. The van der Waals surface area contributed by atoms with E-state index in [1.54, 1.807) is 0 Å². The number of fused-ring (bicyclic) bond motifs is 3. The summed E-state index contributed by atoms with van der Waals surface area (Å²) in [6, 6.07) is 56.1. The van der Waals surface area contributed by atoms with Crippen molar-refractivity contribution in [3.8, 4) is 28.7 Å². The topological polar surface area (TPSA) is 35.9 Å². The van der Waals surface area contributed by atoms with E-state index in [-0.39, 0.29) is 21.7 Å². The highest BCUT2D eigenvalue weighted by molar-refractivity contribution is 6.11. The Morgan fingerprint density at radius 1 is 0.524 bits per heavy atom. The monoisotopic (exact) mass is 826 g/mol. The minimum Gasteiger partial charge on any atom is -0.458 e. The molecule has 0 atom stereocenters. The van der Waals surface area contributed by atoms with E-state index in [2.05, 4.69) is 247 Å². The van der Waals surface area contributed by atoms with Gasteiger partial charge < -0.3 is 4.74 Å². The maximum absolute atomic E-state index is 6.95. The lowest BCUT2D eigenvalue weighted by Gasteiger charge is -2.26. The second kappa shape index (κ2) is 15.6. The van der Waals surface area contributed by atoms with Gasteiger partial charge in [0.2, 0.25) is 0 Å². The van der Waals surface area contributed by atoms with Crippen LogP contribution in [-0.2, 0) is 21.7 Å². The van der Waals surface area contributed by atoms with Crippen molar-refractivity contribution in [1.82, 2.24) is 14.1 Å². The molecule has 0 aliphatic heterocycles. The van der Waals surface area contributed by atoms with Crippen LogP contribution in [0.2, 0.25) is 0 Å². The van der Waals surface area contributed by atoms with E-state index < -0.39 is 0 Å². The van der Waals surface area contributed by atoms with Crippen molar-refractivity contribution in [2.24, 2.45) is 0 Å². The number of para-hydroxylation sites is 1. The van der Waals surface area contributed by atoms with Crippen LogP contribution in [-0.4, -0.2) is 14.1 Å². The quantitative estimate of drug-likeness (QED) is 0.107. The molecule has 0 spiro atoms. The first-order valence-corrected chi connectivity index (χ1v) is 22.1. The fourth-order valence-electron chi connectivity index (χ4n) is 9.04. The Labute approximate surface area is 373 Å². The Bertz CT molecular complexity index is 3100. The average molecular weight is 827 g/mol. The van der Waals surface area contributed by atoms with E-state index in [1.807, 2.05) is 12.3 Å². The molecule has 0 amide bonds. The van der Waals surface area contributed by atoms with E-state index >= 15 is 0 Å². The third-order valence-electron chi connectivity index (χ3n) is 12.9. The number of hydrogen-bond donors (Lipinski definition) is 0. The van der Waals surface area contributed by atoms with Gasteiger partial charge in [-0.25, -0.2) is 4.98 Å². The predicted octanol–water partition coefficient (Wildman–Crippen LogP) is 14.1. The minimum absolute atomic E-state index is 0.164. The third kappa shape index (κ3) is 7.75. The molecule has 0 aliphatic carbocycles. The van der Waals surface area contributed by atoms with E-state index in [0.29, 0.717) is 0 Å². The molecule has 9 aromatic rings. The molecule has 0 saturated heterocycles. The van der Waals surface area contributed by atoms with Gasteiger partial charge in [0.1, 0.15) is 17.3 Å². The number of aromatic nitrogens is 4. The number of ether oxygens (including phenoxy) is 1. The lowest BCUT2D eigenvalue weighted by atomic mass is 9.78. The van der Waals surface area contributed by atoms with Crippen LogP contribution < -0.4 is 9.30 Å². The van der Waals surface area contributed by atoms with Gasteiger partial charge in [0, 0.05) is 40.1 Å². The molecule has 3 heterocycles. The largest absolute Gasteiger partial charge is 0.458 e. The lowest BCUT2D eigenvalue weighted by Crippen LogP contribution is -2.29. The first-order valence-electron chi connectivity index (χ1n) is 22.1. The molecule has 6 aromatic carbocycles. The molecule has 0 radical (unpaired) electrons. The third-order valence-corrected chi connectivity index (χ3v) is 12.9. The lowest BCUT2D eigenvalue weighted by molar-refractivity contribution is -0.599. The summed E-state index contributed by atoms with van der Waals surface area (Å²) < 4.78 is 13.6. The molecular formula is C58H58N4O. The zero-order valence-electron chi connectivity index (χ0n) is 38.4. The molecule has 5 nitrogen and oxygen atoms in total. The van der Waals surface area contributed by atoms with E-state index in [4.69, 9.17) is 9.72 Å². The molecule has 316 valence electrons. The van der Waals surface area contributed by atoms with Crippen LogP contribution in [0.5, 0.6) is 11.5 Å². The molecule has 9 rings (SSSR count). The number of benzene rings is 6. The fourth-order valence-corrected chi connectivity index (χ4v) is 9.04. The zero-order valence-corrected chi connectivity index (χ0v) is 38.4. The molecular weight excluding hydrogens is 769 g/mol. The number of nitrogens with zero attached hydrogens (tertiary/aromatic N) is 4. The Morgan fingerprint density at radius 2 is 1.14 bits per heavy atom. The summed E-state index contributed by atoms with van der Waals surface area (Å²) in [5.41, 5.74) is 10.8. The Kier molecular flexibility index (Phi) is 10.3. The first-order chi connectivity index (χ1) is 30.0. The van der Waals surface area contributed by atoms with Crippen molar-refractivity contribution in [3.63, 3.8) is 0 Å². The van der Waals surface area contributed by atoms with Gasteiger partial charge in [-0.05, 0) is 93.2 Å². The van der Waals surface area contributed by atoms with Crippen molar-refractivity contribution >= 4 is 21.8 Å². The highest BCUT2D eigenvalue weighted by Crippen LogP contribution is 2.43. The van der Waals surface area contributed by atoms with Crippen LogP contribution in [0.15, 0.2) is 170 Å². The molecule has 3 aromatic heterocycles. The van der Waals surface area contributed by atoms with Gasteiger partial charge in [-0.15, -0.1) is 0 Å². The summed E-state index contributed by atoms with van der Waals surface area (Å²) in [5.74, 6) is 2.40. The number of rotatable bonds is 9. The standard InChI is InChI=1S/C58H58N4O/c1-55(2,3)49-36-47(37-51-54(49)48-29-17-18-30-50(48)62(51)53-34-43(31-32-59-53)58(9,10)41-23-15-12-16-24-41)63-46-28-20-27-45(35-46)61-39-60(38-52(61)56(4,5)6)44-26-19-25-42(33-44)57(7,8)40-21-13-11-14-22-40/h11-38H,1-10H3. The summed E-state index contributed by atoms with van der Waals surface area (Å²) in [6.07, 6.45) is 7.88. The molecule has 0 saturated carbocycles. The van der Waals surface area contributed by atoms with E-state index in [1.165, 1.54) is 38.6 Å². The van der Waals surface area contributed by atoms with Crippen molar-refractivity contribution < 1.29 is 9.30 Å². The average Bonchev–Trinajstić information content (AvgIpc) is 3.88. The van der Waals surface area contributed by atoms with Gasteiger partial charge in [0.25, 0.3) is 6.33 Å². The molecule has 0 N–H and O–H groups in total. The van der Waals surface area contributed by atoms with Crippen LogP contribution >= 0.6 is 0 Å². The second-order valence-corrected chi connectivity index (χ2v) is 20.1. The second-order valence-electron chi connectivity index (χ2n) is 20.1. The Morgan fingerprint density at radius 3 is 1.81 bits per heavy atom. The molecule has 63 heavy (non-hydrogen) atoms. The van der Waals surface area contributed by atoms with Gasteiger partial charge in [-0.3, -0.25) is 13.7 Å². The molecule has 0 unspecified atom stereocenters. The predicted molar refractivity (Wildman–Crippen MR) is 259 cm³/mol. The summed E-state index contributed by atoms with van der Waals surface area (Å²) in [4.78, 5) is 5.04. The molecule has 0 fully saturated rings. The van der Waals surface area contributed by atoms with Crippen LogP contribution in [0, 0.1) is 6.33 Å². The molecule has 5 heteroatoms. The Hall–Kier alpha value is -6.72. The molecule has 0 aliphatic rings. The first kappa shape index (κ1) is 41.6. The number of hydrogen-bond acceptors (Lipinski definition) is 2. The maximum atomic E-state index is 6.95. The summed E-state index contributed by atoms with van der Waals surface area (Å²) in [6.45, 7) is 22.7. The highest BCUT2D eigenvalue weighted by Gasteiger charge is 2.28. The summed E-state index contributed by atoms with van der Waals surface area (Å²) in [5, 5.41) is 2.41. The fraction of sp³-hybridized carbons (Fsp3) is 0.241. The molecule has 0 bridgehead atoms. The number of pyridine rings is 1. The Balaban J connectivity index is 1.13. The van der Waals surface area contributed by atoms with Gasteiger partial charge in [0.05, 0.1) is 28.1 Å². The van der Waals surface area contributed by atoms with Gasteiger partial charge in [-0.2, -0.15) is 0 Å². The van der Waals surface area contributed by atoms with Crippen LogP contribution in [0.1, 0.15) is 103 Å². The van der Waals surface area contributed by atoms with Crippen molar-refractivity contribution in [2.45, 2.75) is 90.9 Å². The van der Waals surface area contributed by atoms with E-state index in [9.17, 15) is 0 Å². The SMILES string of the molecule is CC(C)(C)c1cc(Oc2cccc(-n3[c-][n+](-c4cccc(C(C)(C)c5ccccc5)c4)cc3C(C)(C)C)c2)cc2c1c1ccccc1n2-c1cc(C(C)(C)c2ccccc2)ccn1. The van der Waals surface area contributed by atoms with Crippen LogP contribution in [0.3, 0.4) is 0 Å². The van der Waals surface area contributed by atoms with Crippen molar-refractivity contribution in [1.29, 1.82) is 0 Å². The van der Waals surface area contributed by atoms with Crippen molar-refractivity contribution in [2.75, 3.05) is 0 Å². The highest BCUT2D eigenvalue weighted by atomic mass is 16.5. The van der Waals surface area contributed by atoms with Crippen molar-refractivity contribution in [3.05, 3.63) is 210 Å². The maximum Gasteiger partial charge on any atom is 0.269 e. The smallest absolute Gasteiger partial charge is 0.269 e.